The maximum absolute atomic E-state index is 13.1. The second-order valence-electron chi connectivity index (χ2n) is 10.5. The van der Waals surface area contributed by atoms with Crippen LogP contribution in [0.15, 0.2) is 60.1 Å². The van der Waals surface area contributed by atoms with E-state index in [-0.39, 0.29) is 40.4 Å². The standard InChI is InChI=1S/C27H26N10O3S/c1-41(39,40)22-21(17-11-18-7-8-19(12-17)36(18)27(38)25-31-14-32-35-25)34-26-20(13-33-37(26)23(22)28)15-3-5-16(6-4-15)24-29-9-2-10-30-24/h2-6,9-10,13-14,17-19H,7-8,11-12,28H2,1H3,(H,31,32,35)/t17?,18-,19+. The van der Waals surface area contributed by atoms with Crippen LogP contribution in [0.5, 0.6) is 0 Å². The highest BCUT2D eigenvalue weighted by Gasteiger charge is 2.46. The van der Waals surface area contributed by atoms with Crippen molar-refractivity contribution >= 4 is 27.2 Å². The van der Waals surface area contributed by atoms with Gasteiger partial charge in [0.1, 0.15) is 17.0 Å². The SMILES string of the molecule is CS(=O)(=O)c1c(C2C[C@H]3CC[C@@H](C2)N3C(=O)c2nnc[nH]2)nc2c(-c3ccc(-c4ncccn4)cc3)cnn2c1N. The summed E-state index contributed by atoms with van der Waals surface area (Å²) < 4.78 is 27.5. The first-order valence-corrected chi connectivity index (χ1v) is 15.1. The van der Waals surface area contributed by atoms with E-state index in [9.17, 15) is 13.2 Å². The van der Waals surface area contributed by atoms with Gasteiger partial charge in [0, 0.05) is 47.8 Å². The lowest BCUT2D eigenvalue weighted by molar-refractivity contribution is 0.0556. The molecule has 2 bridgehead atoms. The summed E-state index contributed by atoms with van der Waals surface area (Å²) in [7, 11) is -3.74. The van der Waals surface area contributed by atoms with E-state index in [2.05, 4.69) is 30.2 Å². The second kappa shape index (κ2) is 9.44. The van der Waals surface area contributed by atoms with E-state index >= 15 is 0 Å². The number of amides is 1. The highest BCUT2D eigenvalue weighted by molar-refractivity contribution is 7.91. The Labute approximate surface area is 234 Å². The summed E-state index contributed by atoms with van der Waals surface area (Å²) in [6.07, 6.45) is 10.3. The summed E-state index contributed by atoms with van der Waals surface area (Å²) in [6, 6.07) is 9.32. The normalized spacial score (nSPS) is 20.5. The summed E-state index contributed by atoms with van der Waals surface area (Å²) in [5, 5.41) is 12.0. The second-order valence-corrected chi connectivity index (χ2v) is 12.5. The Balaban J connectivity index is 1.29. The zero-order chi connectivity index (χ0) is 28.3. The van der Waals surface area contributed by atoms with Crippen molar-refractivity contribution in [1.29, 1.82) is 0 Å². The first-order chi connectivity index (χ1) is 19.8. The molecule has 1 aromatic carbocycles. The predicted octanol–water partition coefficient (Wildman–Crippen LogP) is 2.51. The van der Waals surface area contributed by atoms with Gasteiger partial charge in [-0.25, -0.2) is 23.4 Å². The molecule has 2 aliphatic rings. The zero-order valence-corrected chi connectivity index (χ0v) is 22.9. The summed E-state index contributed by atoms with van der Waals surface area (Å²) >= 11 is 0. The number of piperidine rings is 1. The quantitative estimate of drug-likeness (QED) is 0.319. The first kappa shape index (κ1) is 25.3. The smallest absolute Gasteiger partial charge is 0.292 e. The molecule has 3 N–H and O–H groups in total. The topological polar surface area (TPSA) is 178 Å². The number of nitrogen functional groups attached to an aromatic ring is 1. The van der Waals surface area contributed by atoms with E-state index in [0.29, 0.717) is 30.0 Å². The highest BCUT2D eigenvalue weighted by Crippen LogP contribution is 2.45. The van der Waals surface area contributed by atoms with Crippen molar-refractivity contribution in [2.24, 2.45) is 0 Å². The van der Waals surface area contributed by atoms with Gasteiger partial charge in [0.05, 0.1) is 11.9 Å². The number of carbonyl (C=O) groups excluding carboxylic acids is 1. The molecule has 1 unspecified atom stereocenters. The molecule has 3 atom stereocenters. The van der Waals surface area contributed by atoms with Crippen LogP contribution in [0.3, 0.4) is 0 Å². The predicted molar refractivity (Wildman–Crippen MR) is 148 cm³/mol. The first-order valence-electron chi connectivity index (χ1n) is 13.2. The molecule has 6 heterocycles. The van der Waals surface area contributed by atoms with Gasteiger partial charge in [0.25, 0.3) is 5.91 Å². The Morgan fingerprint density at radius 2 is 1.73 bits per heavy atom. The van der Waals surface area contributed by atoms with Crippen molar-refractivity contribution in [3.8, 4) is 22.5 Å². The van der Waals surface area contributed by atoms with Gasteiger partial charge < -0.3 is 15.6 Å². The molecule has 0 saturated carbocycles. The molecule has 0 radical (unpaired) electrons. The maximum atomic E-state index is 13.1. The number of hydrogen-bond acceptors (Lipinski definition) is 10. The van der Waals surface area contributed by atoms with Crippen molar-refractivity contribution in [2.75, 3.05) is 12.0 Å². The van der Waals surface area contributed by atoms with Crippen LogP contribution in [0.25, 0.3) is 28.2 Å². The molecule has 13 nitrogen and oxygen atoms in total. The van der Waals surface area contributed by atoms with Crippen LogP contribution in [0, 0.1) is 0 Å². The third kappa shape index (κ3) is 4.22. The van der Waals surface area contributed by atoms with Crippen molar-refractivity contribution in [2.45, 2.75) is 48.6 Å². The number of nitrogens with two attached hydrogens (primary N) is 1. The fourth-order valence-corrected chi connectivity index (χ4v) is 7.35. The molecule has 0 spiro atoms. The Morgan fingerprint density at radius 3 is 2.37 bits per heavy atom. The van der Waals surface area contributed by atoms with Gasteiger partial charge in [-0.15, -0.1) is 10.2 Å². The number of benzene rings is 1. The zero-order valence-electron chi connectivity index (χ0n) is 22.0. The van der Waals surface area contributed by atoms with Gasteiger partial charge in [0.2, 0.25) is 5.82 Å². The van der Waals surface area contributed by atoms with Crippen LogP contribution in [-0.4, -0.2) is 77.3 Å². The fourth-order valence-electron chi connectivity index (χ4n) is 6.29. The molecular formula is C27H26N10O3S. The number of anilines is 1. The number of nitrogens with one attached hydrogen (secondary N) is 1. The molecule has 0 aliphatic carbocycles. The van der Waals surface area contributed by atoms with E-state index in [1.165, 1.54) is 10.8 Å². The molecule has 1 amide bonds. The number of aromatic amines is 1. The van der Waals surface area contributed by atoms with E-state index < -0.39 is 9.84 Å². The molecule has 41 heavy (non-hydrogen) atoms. The molecule has 4 aromatic heterocycles. The molecule has 2 saturated heterocycles. The minimum Gasteiger partial charge on any atom is -0.382 e. The van der Waals surface area contributed by atoms with Gasteiger partial charge in [-0.2, -0.15) is 9.61 Å². The number of sulfone groups is 1. The van der Waals surface area contributed by atoms with Gasteiger partial charge in [-0.3, -0.25) is 4.79 Å². The summed E-state index contributed by atoms with van der Waals surface area (Å²) in [5.74, 6) is 0.449. The third-order valence-electron chi connectivity index (χ3n) is 8.03. The Kier molecular flexibility index (Phi) is 5.81. The lowest BCUT2D eigenvalue weighted by Gasteiger charge is -2.38. The van der Waals surface area contributed by atoms with Gasteiger partial charge in [0.15, 0.2) is 21.3 Å². The van der Waals surface area contributed by atoms with Crippen LogP contribution in [0.1, 0.15) is 47.9 Å². The van der Waals surface area contributed by atoms with E-state index in [0.717, 1.165) is 35.8 Å². The summed E-state index contributed by atoms with van der Waals surface area (Å²) in [6.45, 7) is 0. The summed E-state index contributed by atoms with van der Waals surface area (Å²) in [5.41, 5.74) is 9.84. The average Bonchev–Trinajstić information content (AvgIpc) is 3.71. The molecule has 7 rings (SSSR count). The Bertz CT molecular complexity index is 1860. The summed E-state index contributed by atoms with van der Waals surface area (Å²) in [4.78, 5) is 31.3. The number of carbonyl (C=O) groups is 1. The van der Waals surface area contributed by atoms with Crippen molar-refractivity contribution in [3.05, 3.63) is 66.8 Å². The number of nitrogens with zero attached hydrogens (tertiary/aromatic N) is 8. The molecule has 2 aliphatic heterocycles. The highest BCUT2D eigenvalue weighted by atomic mass is 32.2. The van der Waals surface area contributed by atoms with Crippen LogP contribution in [0.4, 0.5) is 5.82 Å². The van der Waals surface area contributed by atoms with Gasteiger partial charge in [-0.1, -0.05) is 24.3 Å². The number of H-pyrrole nitrogens is 1. The maximum Gasteiger partial charge on any atom is 0.292 e. The molecule has 14 heteroatoms. The lowest BCUT2D eigenvalue weighted by atomic mass is 9.87. The fraction of sp³-hybridized carbons (Fsp3) is 0.296. The number of hydrogen-bond donors (Lipinski definition) is 2. The van der Waals surface area contributed by atoms with Crippen LogP contribution < -0.4 is 5.73 Å². The average molecular weight is 571 g/mol. The molecule has 5 aromatic rings. The van der Waals surface area contributed by atoms with Gasteiger partial charge >= 0.3 is 0 Å². The van der Waals surface area contributed by atoms with Crippen LogP contribution in [-0.2, 0) is 9.84 Å². The van der Waals surface area contributed by atoms with Crippen molar-refractivity contribution in [1.82, 2.24) is 44.6 Å². The molecule has 208 valence electrons. The van der Waals surface area contributed by atoms with Crippen LogP contribution in [0.2, 0.25) is 0 Å². The number of rotatable bonds is 5. The van der Waals surface area contributed by atoms with Crippen LogP contribution >= 0.6 is 0 Å². The molecular weight excluding hydrogens is 544 g/mol. The molecule has 2 fully saturated rings. The van der Waals surface area contributed by atoms with E-state index in [1.54, 1.807) is 24.7 Å². The minimum atomic E-state index is -3.74. The Morgan fingerprint density at radius 1 is 1.05 bits per heavy atom. The van der Waals surface area contributed by atoms with E-state index in [1.807, 2.05) is 29.2 Å². The van der Waals surface area contributed by atoms with Crippen molar-refractivity contribution < 1.29 is 13.2 Å². The van der Waals surface area contributed by atoms with Gasteiger partial charge in [-0.05, 0) is 37.3 Å². The Hall–Kier alpha value is -4.72. The number of aromatic nitrogens is 8. The largest absolute Gasteiger partial charge is 0.382 e. The number of fused-ring (bicyclic) bond motifs is 3. The minimum absolute atomic E-state index is 0.00404. The third-order valence-corrected chi connectivity index (χ3v) is 9.19. The van der Waals surface area contributed by atoms with Crippen molar-refractivity contribution in [3.63, 3.8) is 0 Å². The monoisotopic (exact) mass is 570 g/mol. The lowest BCUT2D eigenvalue weighted by Crippen LogP contribution is -2.46. The van der Waals surface area contributed by atoms with E-state index in [4.69, 9.17) is 10.7 Å².